The van der Waals surface area contributed by atoms with E-state index in [9.17, 15) is 9.50 Å². The van der Waals surface area contributed by atoms with Gasteiger partial charge in [0.15, 0.2) is 0 Å². The number of benzene rings is 1. The van der Waals surface area contributed by atoms with Gasteiger partial charge in [0.2, 0.25) is 0 Å². The maximum Gasteiger partial charge on any atom is 0.147 e. The molecule has 3 rings (SSSR count). The minimum absolute atomic E-state index is 0.289. The molecule has 1 aromatic carbocycles. The molecule has 1 atom stereocenters. The maximum atomic E-state index is 13.1. The summed E-state index contributed by atoms with van der Waals surface area (Å²) in [6.45, 7) is 8.32. The van der Waals surface area contributed by atoms with E-state index in [1.807, 2.05) is 6.92 Å². The predicted molar refractivity (Wildman–Crippen MR) is 94.5 cm³/mol. The fourth-order valence-electron chi connectivity index (χ4n) is 3.28. The molecule has 0 spiro atoms. The largest absolute Gasteiger partial charge is 0.387 e. The molecule has 1 heterocycles. The van der Waals surface area contributed by atoms with Crippen LogP contribution in [0.2, 0.25) is 0 Å². The molecular weight excluding hydrogens is 319 g/mol. The highest BCUT2D eigenvalue weighted by Crippen LogP contribution is 2.36. The van der Waals surface area contributed by atoms with Crippen molar-refractivity contribution in [3.05, 3.63) is 47.3 Å². The quantitative estimate of drug-likeness (QED) is 0.797. The van der Waals surface area contributed by atoms with Crippen molar-refractivity contribution in [2.24, 2.45) is 5.92 Å². The van der Waals surface area contributed by atoms with Gasteiger partial charge >= 0.3 is 0 Å². The molecule has 1 aliphatic carbocycles. The second-order valence-corrected chi connectivity index (χ2v) is 7.42. The molecule has 0 amide bonds. The van der Waals surface area contributed by atoms with Crippen molar-refractivity contribution < 1.29 is 9.50 Å². The first-order valence-corrected chi connectivity index (χ1v) is 9.00. The second kappa shape index (κ2) is 7.62. The van der Waals surface area contributed by atoms with E-state index in [1.54, 1.807) is 12.1 Å². The van der Waals surface area contributed by atoms with Crippen molar-refractivity contribution in [3.8, 4) is 0 Å². The van der Waals surface area contributed by atoms with Crippen LogP contribution in [-0.4, -0.2) is 37.9 Å². The average Bonchev–Trinajstić information content (AvgIpc) is 3.31. The fraction of sp³-hybridized carbons (Fsp3) is 0.579. The number of aliphatic hydroxyl groups is 1. The third-order valence-corrected chi connectivity index (χ3v) is 4.52. The lowest BCUT2D eigenvalue weighted by atomic mass is 10.1. The molecule has 136 valence electrons. The van der Waals surface area contributed by atoms with Crippen LogP contribution in [0.3, 0.4) is 0 Å². The van der Waals surface area contributed by atoms with E-state index in [4.69, 9.17) is 0 Å². The van der Waals surface area contributed by atoms with Gasteiger partial charge in [0.1, 0.15) is 17.5 Å². The van der Waals surface area contributed by atoms with Gasteiger partial charge in [0, 0.05) is 19.1 Å². The molecule has 6 heteroatoms. The van der Waals surface area contributed by atoms with Crippen molar-refractivity contribution in [1.82, 2.24) is 19.7 Å². The number of halogens is 1. The highest BCUT2D eigenvalue weighted by Gasteiger charge is 2.29. The summed E-state index contributed by atoms with van der Waals surface area (Å²) in [5.74, 6) is 2.11. The highest BCUT2D eigenvalue weighted by molar-refractivity contribution is 5.18. The monoisotopic (exact) mass is 346 g/mol. The Hall–Kier alpha value is -1.79. The lowest BCUT2D eigenvalue weighted by Crippen LogP contribution is -2.32. The van der Waals surface area contributed by atoms with E-state index >= 15 is 0 Å². The normalized spacial score (nSPS) is 16.0. The first-order valence-electron chi connectivity index (χ1n) is 9.00. The third kappa shape index (κ3) is 4.64. The highest BCUT2D eigenvalue weighted by atomic mass is 19.1. The van der Waals surface area contributed by atoms with Crippen LogP contribution in [0.4, 0.5) is 4.39 Å². The Morgan fingerprint density at radius 3 is 2.48 bits per heavy atom. The third-order valence-electron chi connectivity index (χ3n) is 4.52. The van der Waals surface area contributed by atoms with Gasteiger partial charge in [-0.2, -0.15) is 0 Å². The number of rotatable bonds is 8. The van der Waals surface area contributed by atoms with Gasteiger partial charge in [-0.3, -0.25) is 4.90 Å². The second-order valence-electron chi connectivity index (χ2n) is 7.42. The van der Waals surface area contributed by atoms with E-state index in [2.05, 4.69) is 33.5 Å². The van der Waals surface area contributed by atoms with E-state index < -0.39 is 6.10 Å². The zero-order valence-electron chi connectivity index (χ0n) is 15.2. The van der Waals surface area contributed by atoms with E-state index in [0.717, 1.165) is 23.8 Å². The fourth-order valence-corrected chi connectivity index (χ4v) is 3.28. The van der Waals surface area contributed by atoms with Crippen LogP contribution < -0.4 is 0 Å². The summed E-state index contributed by atoms with van der Waals surface area (Å²) in [5, 5.41) is 19.2. The van der Waals surface area contributed by atoms with Crippen molar-refractivity contribution in [2.45, 2.75) is 52.3 Å². The standard InChI is InChI=1S/C19H27FN4O/c1-13(2)10-23(11-18(25)15-4-6-16(20)7-5-15)12-19-22-21-14(3)24(19)17-8-9-17/h4-7,13,17-18,25H,8-12H2,1-3H3. The Morgan fingerprint density at radius 1 is 1.20 bits per heavy atom. The van der Waals surface area contributed by atoms with Crippen molar-refractivity contribution in [1.29, 1.82) is 0 Å². The Bertz CT molecular complexity index is 694. The lowest BCUT2D eigenvalue weighted by molar-refractivity contribution is 0.0992. The van der Waals surface area contributed by atoms with Crippen molar-refractivity contribution in [2.75, 3.05) is 13.1 Å². The number of hydrogen-bond donors (Lipinski definition) is 1. The maximum absolute atomic E-state index is 13.1. The minimum Gasteiger partial charge on any atom is -0.387 e. The molecule has 0 bridgehead atoms. The number of aryl methyl sites for hydroxylation is 1. The molecule has 25 heavy (non-hydrogen) atoms. The van der Waals surface area contributed by atoms with Gasteiger partial charge in [-0.15, -0.1) is 10.2 Å². The Kier molecular flexibility index (Phi) is 5.49. The van der Waals surface area contributed by atoms with Crippen LogP contribution in [0.5, 0.6) is 0 Å². The van der Waals surface area contributed by atoms with E-state index in [-0.39, 0.29) is 5.82 Å². The zero-order chi connectivity index (χ0) is 18.0. The van der Waals surface area contributed by atoms with Crippen LogP contribution >= 0.6 is 0 Å². The Morgan fingerprint density at radius 2 is 1.88 bits per heavy atom. The molecule has 1 aromatic heterocycles. The van der Waals surface area contributed by atoms with Gasteiger partial charge in [0.05, 0.1) is 12.6 Å². The topological polar surface area (TPSA) is 54.2 Å². The molecule has 1 aliphatic rings. The van der Waals surface area contributed by atoms with Crippen LogP contribution in [-0.2, 0) is 6.54 Å². The van der Waals surface area contributed by atoms with Crippen molar-refractivity contribution in [3.63, 3.8) is 0 Å². The van der Waals surface area contributed by atoms with Crippen LogP contribution in [0.15, 0.2) is 24.3 Å². The van der Waals surface area contributed by atoms with Gasteiger partial charge in [-0.05, 0) is 43.4 Å². The average molecular weight is 346 g/mol. The Balaban J connectivity index is 1.72. The molecule has 1 fully saturated rings. The first-order chi connectivity index (χ1) is 11.9. The molecule has 2 aromatic rings. The van der Waals surface area contributed by atoms with Crippen LogP contribution in [0.25, 0.3) is 0 Å². The summed E-state index contributed by atoms with van der Waals surface area (Å²) in [6, 6.07) is 6.60. The van der Waals surface area contributed by atoms with Gasteiger partial charge in [-0.25, -0.2) is 4.39 Å². The lowest BCUT2D eigenvalue weighted by Gasteiger charge is -2.26. The Labute approximate surface area is 148 Å². The zero-order valence-corrected chi connectivity index (χ0v) is 15.2. The smallest absolute Gasteiger partial charge is 0.147 e. The summed E-state index contributed by atoms with van der Waals surface area (Å²) >= 11 is 0. The molecule has 1 saturated carbocycles. The predicted octanol–water partition coefficient (Wildman–Crippen LogP) is 3.25. The summed E-state index contributed by atoms with van der Waals surface area (Å²) < 4.78 is 15.3. The van der Waals surface area contributed by atoms with Gasteiger partial charge in [-0.1, -0.05) is 26.0 Å². The number of aliphatic hydroxyl groups excluding tert-OH is 1. The van der Waals surface area contributed by atoms with E-state index in [0.29, 0.717) is 25.0 Å². The number of hydrogen-bond acceptors (Lipinski definition) is 4. The van der Waals surface area contributed by atoms with Crippen LogP contribution in [0, 0.1) is 18.7 Å². The molecular formula is C19H27FN4O. The first kappa shape index (κ1) is 18.0. The summed E-state index contributed by atoms with van der Waals surface area (Å²) in [7, 11) is 0. The van der Waals surface area contributed by atoms with Gasteiger partial charge in [0.25, 0.3) is 0 Å². The van der Waals surface area contributed by atoms with Crippen molar-refractivity contribution >= 4 is 0 Å². The molecule has 0 aliphatic heterocycles. The molecule has 5 nitrogen and oxygen atoms in total. The molecule has 0 radical (unpaired) electrons. The van der Waals surface area contributed by atoms with Gasteiger partial charge < -0.3 is 9.67 Å². The molecule has 1 N–H and O–H groups in total. The summed E-state index contributed by atoms with van der Waals surface area (Å²) in [6.07, 6.45) is 1.72. The van der Waals surface area contributed by atoms with Crippen LogP contribution in [0.1, 0.15) is 56.0 Å². The summed E-state index contributed by atoms with van der Waals surface area (Å²) in [5.41, 5.74) is 0.731. The SMILES string of the molecule is Cc1nnc(CN(CC(C)C)CC(O)c2ccc(F)cc2)n1C1CC1. The van der Waals surface area contributed by atoms with E-state index in [1.165, 1.54) is 25.0 Å². The molecule has 1 unspecified atom stereocenters. The number of aromatic nitrogens is 3. The summed E-state index contributed by atoms with van der Waals surface area (Å²) in [4.78, 5) is 2.21. The minimum atomic E-state index is -0.655. The molecule has 0 saturated heterocycles. The number of nitrogens with zero attached hydrogens (tertiary/aromatic N) is 4.